The van der Waals surface area contributed by atoms with E-state index in [2.05, 4.69) is 48.5 Å². The Morgan fingerprint density at radius 1 is 1.03 bits per heavy atom. The highest BCUT2D eigenvalue weighted by Gasteiger charge is 2.14. The van der Waals surface area contributed by atoms with Crippen LogP contribution in [0.2, 0.25) is 0 Å². The Bertz CT molecular complexity index is 885. The van der Waals surface area contributed by atoms with Crippen molar-refractivity contribution in [2.24, 2.45) is 4.99 Å². The molecule has 2 aromatic rings. The molecule has 6 heteroatoms. The van der Waals surface area contributed by atoms with Crippen molar-refractivity contribution >= 4 is 11.9 Å². The van der Waals surface area contributed by atoms with Gasteiger partial charge in [-0.2, -0.15) is 0 Å². The number of amides is 1. The number of hydrogen-bond donors (Lipinski definition) is 2. The number of ether oxygens (including phenoxy) is 1. The predicted molar refractivity (Wildman–Crippen MR) is 128 cm³/mol. The maximum Gasteiger partial charge on any atom is 0.253 e. The van der Waals surface area contributed by atoms with Crippen LogP contribution in [0.1, 0.15) is 42.3 Å². The number of carbonyl (C=O) groups is 1. The first-order chi connectivity index (χ1) is 14.7. The minimum atomic E-state index is 0.0142. The highest BCUT2D eigenvalue weighted by molar-refractivity contribution is 5.94. The van der Waals surface area contributed by atoms with E-state index in [-0.39, 0.29) is 11.3 Å². The second-order valence-corrected chi connectivity index (χ2v) is 8.70. The van der Waals surface area contributed by atoms with Gasteiger partial charge in [0.15, 0.2) is 5.96 Å². The molecule has 0 atom stereocenters. The van der Waals surface area contributed by atoms with Gasteiger partial charge in [-0.3, -0.25) is 9.79 Å². The summed E-state index contributed by atoms with van der Waals surface area (Å²) < 4.78 is 5.88. The summed E-state index contributed by atoms with van der Waals surface area (Å²) in [6.45, 7) is 8.49. The number of nitrogens with zero attached hydrogens (tertiary/aromatic N) is 2. The number of nitrogens with one attached hydrogen (secondary N) is 2. The van der Waals surface area contributed by atoms with Crippen molar-refractivity contribution in [3.05, 3.63) is 65.2 Å². The minimum absolute atomic E-state index is 0.0142. The molecular formula is C25H36N4O2. The van der Waals surface area contributed by atoms with Crippen LogP contribution in [0.3, 0.4) is 0 Å². The molecule has 6 nitrogen and oxygen atoms in total. The summed E-state index contributed by atoms with van der Waals surface area (Å²) in [5, 5.41) is 6.57. The molecule has 0 unspecified atom stereocenters. The molecule has 0 saturated carbocycles. The Hall–Kier alpha value is -3.02. The highest BCUT2D eigenvalue weighted by atomic mass is 16.5. The lowest BCUT2D eigenvalue weighted by Crippen LogP contribution is -2.40. The molecule has 0 radical (unpaired) electrons. The van der Waals surface area contributed by atoms with Gasteiger partial charge in [0.25, 0.3) is 5.91 Å². The molecular weight excluding hydrogens is 388 g/mol. The van der Waals surface area contributed by atoms with Crippen molar-refractivity contribution in [2.75, 3.05) is 40.8 Å². The van der Waals surface area contributed by atoms with Gasteiger partial charge < -0.3 is 20.3 Å². The first-order valence-electron chi connectivity index (χ1n) is 10.7. The molecule has 1 amide bonds. The molecule has 0 aliphatic carbocycles. The first-order valence-corrected chi connectivity index (χ1v) is 10.7. The molecule has 2 N–H and O–H groups in total. The zero-order chi connectivity index (χ0) is 22.9. The fourth-order valence-corrected chi connectivity index (χ4v) is 3.05. The fraction of sp³-hybridized carbons (Fsp3) is 0.440. The van der Waals surface area contributed by atoms with E-state index in [0.29, 0.717) is 25.3 Å². The maximum atomic E-state index is 12.1. The standard InChI is InChI=1S/C25H36N4O2/c1-25(2,3)21-11-8-12-22(18-21)31-16-15-28-24(26-4)27-14-13-19-9-7-10-20(17-19)23(30)29(5)6/h7-12,17-18H,13-16H2,1-6H3,(H2,26,27,28). The molecule has 31 heavy (non-hydrogen) atoms. The summed E-state index contributed by atoms with van der Waals surface area (Å²) in [4.78, 5) is 18.0. The Kier molecular flexibility index (Phi) is 8.91. The second kappa shape index (κ2) is 11.4. The molecule has 0 fully saturated rings. The van der Waals surface area contributed by atoms with Crippen LogP contribution in [-0.4, -0.2) is 57.6 Å². The van der Waals surface area contributed by atoms with Crippen molar-refractivity contribution in [3.63, 3.8) is 0 Å². The largest absolute Gasteiger partial charge is 0.492 e. The summed E-state index contributed by atoms with van der Waals surface area (Å²) in [5.41, 5.74) is 3.17. The van der Waals surface area contributed by atoms with Crippen LogP contribution in [0.5, 0.6) is 5.75 Å². The molecule has 0 bridgehead atoms. The molecule has 2 aromatic carbocycles. The van der Waals surface area contributed by atoms with E-state index in [4.69, 9.17) is 4.74 Å². The van der Waals surface area contributed by atoms with Crippen molar-refractivity contribution in [3.8, 4) is 5.75 Å². The smallest absolute Gasteiger partial charge is 0.253 e. The third-order valence-corrected chi connectivity index (χ3v) is 4.87. The van der Waals surface area contributed by atoms with Gasteiger partial charge in [0.1, 0.15) is 12.4 Å². The molecule has 0 spiro atoms. The second-order valence-electron chi connectivity index (χ2n) is 8.70. The molecule has 168 valence electrons. The normalized spacial score (nSPS) is 11.7. The van der Waals surface area contributed by atoms with Crippen molar-refractivity contribution in [1.29, 1.82) is 0 Å². The SMILES string of the molecule is CN=C(NCCOc1cccc(C(C)(C)C)c1)NCCc1cccc(C(=O)N(C)C)c1. The zero-order valence-electron chi connectivity index (χ0n) is 19.7. The van der Waals surface area contributed by atoms with Gasteiger partial charge in [0, 0.05) is 33.3 Å². The van der Waals surface area contributed by atoms with Crippen LogP contribution >= 0.6 is 0 Å². The van der Waals surface area contributed by atoms with Gasteiger partial charge in [-0.05, 0) is 47.2 Å². The molecule has 0 saturated heterocycles. The van der Waals surface area contributed by atoms with E-state index in [0.717, 1.165) is 23.7 Å². The lowest BCUT2D eigenvalue weighted by molar-refractivity contribution is 0.0827. The number of aliphatic imine (C=N–C) groups is 1. The molecule has 0 heterocycles. The van der Waals surface area contributed by atoms with E-state index >= 15 is 0 Å². The van der Waals surface area contributed by atoms with E-state index in [1.807, 2.05) is 36.4 Å². The fourth-order valence-electron chi connectivity index (χ4n) is 3.05. The average Bonchev–Trinajstić information content (AvgIpc) is 2.74. The quantitative estimate of drug-likeness (QED) is 0.387. The summed E-state index contributed by atoms with van der Waals surface area (Å²) >= 11 is 0. The van der Waals surface area contributed by atoms with E-state index in [1.165, 1.54) is 5.56 Å². The van der Waals surface area contributed by atoms with Crippen molar-refractivity contribution in [1.82, 2.24) is 15.5 Å². The maximum absolute atomic E-state index is 12.1. The predicted octanol–water partition coefficient (Wildman–Crippen LogP) is 3.47. The third-order valence-electron chi connectivity index (χ3n) is 4.87. The lowest BCUT2D eigenvalue weighted by atomic mass is 9.87. The van der Waals surface area contributed by atoms with Gasteiger partial charge in [-0.1, -0.05) is 45.0 Å². The topological polar surface area (TPSA) is 66.0 Å². The third kappa shape index (κ3) is 7.96. The Morgan fingerprint density at radius 3 is 2.42 bits per heavy atom. The van der Waals surface area contributed by atoms with Crippen LogP contribution in [0.25, 0.3) is 0 Å². The van der Waals surface area contributed by atoms with Crippen LogP contribution in [0, 0.1) is 0 Å². The van der Waals surface area contributed by atoms with Gasteiger partial charge >= 0.3 is 0 Å². The number of carbonyl (C=O) groups excluding carboxylic acids is 1. The summed E-state index contributed by atoms with van der Waals surface area (Å²) in [7, 11) is 5.27. The summed E-state index contributed by atoms with van der Waals surface area (Å²) in [6.07, 6.45) is 0.797. The van der Waals surface area contributed by atoms with Gasteiger partial charge in [-0.15, -0.1) is 0 Å². The number of hydrogen-bond acceptors (Lipinski definition) is 3. The van der Waals surface area contributed by atoms with E-state index < -0.39 is 0 Å². The van der Waals surface area contributed by atoms with Crippen LogP contribution in [-0.2, 0) is 11.8 Å². The Morgan fingerprint density at radius 2 is 1.74 bits per heavy atom. The minimum Gasteiger partial charge on any atom is -0.492 e. The molecule has 0 aliphatic heterocycles. The molecule has 2 rings (SSSR count). The van der Waals surface area contributed by atoms with Gasteiger partial charge in [0.2, 0.25) is 0 Å². The van der Waals surface area contributed by atoms with Gasteiger partial charge in [-0.25, -0.2) is 0 Å². The monoisotopic (exact) mass is 424 g/mol. The van der Waals surface area contributed by atoms with Crippen molar-refractivity contribution < 1.29 is 9.53 Å². The average molecular weight is 425 g/mol. The highest BCUT2D eigenvalue weighted by Crippen LogP contribution is 2.25. The van der Waals surface area contributed by atoms with Crippen LogP contribution in [0.4, 0.5) is 0 Å². The van der Waals surface area contributed by atoms with E-state index in [1.54, 1.807) is 26.0 Å². The van der Waals surface area contributed by atoms with Crippen LogP contribution < -0.4 is 15.4 Å². The number of benzene rings is 2. The summed E-state index contributed by atoms with van der Waals surface area (Å²) in [6, 6.07) is 16.0. The van der Waals surface area contributed by atoms with E-state index in [9.17, 15) is 4.79 Å². The van der Waals surface area contributed by atoms with Crippen molar-refractivity contribution in [2.45, 2.75) is 32.6 Å². The van der Waals surface area contributed by atoms with Crippen LogP contribution in [0.15, 0.2) is 53.5 Å². The number of guanidine groups is 1. The number of rotatable bonds is 8. The first kappa shape index (κ1) is 24.3. The zero-order valence-corrected chi connectivity index (χ0v) is 19.7. The Labute approximate surface area is 186 Å². The lowest BCUT2D eigenvalue weighted by Gasteiger charge is -2.20. The summed E-state index contributed by atoms with van der Waals surface area (Å²) in [5.74, 6) is 1.62. The Balaban J connectivity index is 1.75. The van der Waals surface area contributed by atoms with Gasteiger partial charge in [0.05, 0.1) is 6.54 Å². The molecule has 0 aromatic heterocycles. The molecule has 0 aliphatic rings.